The van der Waals surface area contributed by atoms with Crippen LogP contribution in [0.15, 0.2) is 11.1 Å². The number of aromatic nitrogens is 2. The van der Waals surface area contributed by atoms with Crippen molar-refractivity contribution in [1.82, 2.24) is 15.3 Å². The summed E-state index contributed by atoms with van der Waals surface area (Å²) in [5.41, 5.74) is 0.565. The van der Waals surface area contributed by atoms with Gasteiger partial charge in [-0.05, 0) is 19.4 Å². The van der Waals surface area contributed by atoms with Gasteiger partial charge in [0.15, 0.2) is 9.84 Å². The van der Waals surface area contributed by atoms with Crippen LogP contribution in [0, 0.1) is 0 Å². The maximum absolute atomic E-state index is 11.9. The first-order valence-electron chi connectivity index (χ1n) is 6.65. The molecule has 0 amide bonds. The third-order valence-electron chi connectivity index (χ3n) is 3.26. The van der Waals surface area contributed by atoms with Crippen LogP contribution in [0.2, 0.25) is 0 Å². The second kappa shape index (κ2) is 6.47. The average molecular weight is 300 g/mol. The molecule has 1 aromatic heterocycles. The molecule has 0 saturated carbocycles. The summed E-state index contributed by atoms with van der Waals surface area (Å²) in [5, 5.41) is 14.9. The van der Waals surface area contributed by atoms with E-state index in [4.69, 9.17) is 5.11 Å². The Morgan fingerprint density at radius 1 is 1.55 bits per heavy atom. The third-order valence-corrected chi connectivity index (χ3v) is 4.37. The Hall–Kier alpha value is -1.25. The first-order chi connectivity index (χ1) is 9.52. The van der Waals surface area contributed by atoms with Crippen LogP contribution in [0.1, 0.15) is 24.5 Å². The molecular weight excluding hydrogens is 280 g/mol. The summed E-state index contributed by atoms with van der Waals surface area (Å²) in [4.78, 5) is 8.55. The SMILES string of the molecule is CS(=O)(=O)c1cnc(NCCO)nc1[C@@H]1CCCNC1. The summed E-state index contributed by atoms with van der Waals surface area (Å²) in [6, 6.07) is 0. The molecule has 1 saturated heterocycles. The summed E-state index contributed by atoms with van der Waals surface area (Å²) in [6.45, 7) is 1.97. The third kappa shape index (κ3) is 3.65. The fourth-order valence-corrected chi connectivity index (χ4v) is 3.14. The highest BCUT2D eigenvalue weighted by Crippen LogP contribution is 2.27. The van der Waals surface area contributed by atoms with Crippen molar-refractivity contribution in [2.75, 3.05) is 37.8 Å². The minimum Gasteiger partial charge on any atom is -0.395 e. The number of nitrogens with zero attached hydrogens (tertiary/aromatic N) is 2. The number of piperidine rings is 1. The summed E-state index contributed by atoms with van der Waals surface area (Å²) in [6.07, 6.45) is 4.43. The van der Waals surface area contributed by atoms with E-state index in [1.165, 1.54) is 12.5 Å². The van der Waals surface area contributed by atoms with E-state index >= 15 is 0 Å². The molecule has 0 radical (unpaired) electrons. The molecule has 1 fully saturated rings. The molecular formula is C12H20N4O3S. The summed E-state index contributed by atoms with van der Waals surface area (Å²) in [7, 11) is -3.35. The van der Waals surface area contributed by atoms with Gasteiger partial charge in [-0.2, -0.15) is 0 Å². The van der Waals surface area contributed by atoms with Gasteiger partial charge in [0.05, 0.1) is 18.5 Å². The molecule has 1 atom stereocenters. The lowest BCUT2D eigenvalue weighted by atomic mass is 9.96. The van der Waals surface area contributed by atoms with Crippen molar-refractivity contribution in [2.45, 2.75) is 23.7 Å². The summed E-state index contributed by atoms with van der Waals surface area (Å²) in [5.74, 6) is 0.429. The monoisotopic (exact) mass is 300 g/mol. The van der Waals surface area contributed by atoms with Crippen molar-refractivity contribution < 1.29 is 13.5 Å². The highest BCUT2D eigenvalue weighted by molar-refractivity contribution is 7.90. The molecule has 0 aromatic carbocycles. The molecule has 2 heterocycles. The predicted molar refractivity (Wildman–Crippen MR) is 75.6 cm³/mol. The average Bonchev–Trinajstić information content (AvgIpc) is 2.44. The van der Waals surface area contributed by atoms with Gasteiger partial charge in [-0.3, -0.25) is 0 Å². The van der Waals surface area contributed by atoms with Crippen molar-refractivity contribution in [1.29, 1.82) is 0 Å². The Labute approximate surface area is 118 Å². The molecule has 2 rings (SSSR count). The molecule has 1 aliphatic heterocycles. The van der Waals surface area contributed by atoms with Crippen LogP contribution < -0.4 is 10.6 Å². The minimum absolute atomic E-state index is 0.0303. The van der Waals surface area contributed by atoms with E-state index in [2.05, 4.69) is 20.6 Å². The van der Waals surface area contributed by atoms with Crippen LogP contribution in [0.3, 0.4) is 0 Å². The number of hydrogen-bond acceptors (Lipinski definition) is 7. The highest BCUT2D eigenvalue weighted by Gasteiger charge is 2.25. The quantitative estimate of drug-likeness (QED) is 0.689. The van der Waals surface area contributed by atoms with Crippen molar-refractivity contribution in [3.8, 4) is 0 Å². The number of aliphatic hydroxyl groups excluding tert-OH is 1. The second-order valence-corrected chi connectivity index (χ2v) is 6.89. The molecule has 20 heavy (non-hydrogen) atoms. The highest BCUT2D eigenvalue weighted by atomic mass is 32.2. The van der Waals surface area contributed by atoms with E-state index in [1.54, 1.807) is 0 Å². The van der Waals surface area contributed by atoms with Crippen LogP contribution in [0.25, 0.3) is 0 Å². The van der Waals surface area contributed by atoms with Crippen molar-refractivity contribution in [2.24, 2.45) is 0 Å². The number of anilines is 1. The topological polar surface area (TPSA) is 104 Å². The van der Waals surface area contributed by atoms with Crippen LogP contribution >= 0.6 is 0 Å². The molecule has 0 bridgehead atoms. The molecule has 0 spiro atoms. The Kier molecular flexibility index (Phi) is 4.90. The number of sulfone groups is 1. The van der Waals surface area contributed by atoms with Crippen LogP contribution in [-0.2, 0) is 9.84 Å². The minimum atomic E-state index is -3.35. The predicted octanol–water partition coefficient (Wildman–Crippen LogP) is -0.249. The van der Waals surface area contributed by atoms with Crippen molar-refractivity contribution >= 4 is 15.8 Å². The molecule has 8 heteroatoms. The second-order valence-electron chi connectivity index (χ2n) is 4.91. The van der Waals surface area contributed by atoms with Gasteiger partial charge in [0, 0.05) is 25.3 Å². The van der Waals surface area contributed by atoms with E-state index in [9.17, 15) is 8.42 Å². The van der Waals surface area contributed by atoms with Crippen LogP contribution in [0.4, 0.5) is 5.95 Å². The molecule has 0 unspecified atom stereocenters. The zero-order valence-electron chi connectivity index (χ0n) is 11.5. The molecule has 3 N–H and O–H groups in total. The summed E-state index contributed by atoms with van der Waals surface area (Å²) >= 11 is 0. The maximum atomic E-state index is 11.9. The van der Waals surface area contributed by atoms with E-state index in [1.807, 2.05) is 0 Å². The molecule has 7 nitrogen and oxygen atoms in total. The Balaban J connectivity index is 2.36. The lowest BCUT2D eigenvalue weighted by Gasteiger charge is -2.24. The van der Waals surface area contributed by atoms with Gasteiger partial charge in [-0.25, -0.2) is 18.4 Å². The Morgan fingerprint density at radius 3 is 2.95 bits per heavy atom. The van der Waals surface area contributed by atoms with Gasteiger partial charge in [0.25, 0.3) is 0 Å². The summed E-state index contributed by atoms with van der Waals surface area (Å²) < 4.78 is 23.7. The van der Waals surface area contributed by atoms with Gasteiger partial charge in [-0.1, -0.05) is 0 Å². The van der Waals surface area contributed by atoms with Gasteiger partial charge < -0.3 is 15.7 Å². The fourth-order valence-electron chi connectivity index (χ4n) is 2.30. The Morgan fingerprint density at radius 2 is 2.35 bits per heavy atom. The van der Waals surface area contributed by atoms with E-state index in [-0.39, 0.29) is 17.4 Å². The van der Waals surface area contributed by atoms with E-state index < -0.39 is 9.84 Å². The van der Waals surface area contributed by atoms with E-state index in [0.29, 0.717) is 18.2 Å². The standard InChI is InChI=1S/C12H20N4O3S/c1-20(18,19)10-8-15-12(14-5-6-17)16-11(10)9-3-2-4-13-7-9/h8-9,13,17H,2-7H2,1H3,(H,14,15,16)/t9-/m1/s1. The van der Waals surface area contributed by atoms with Gasteiger partial charge in [-0.15, -0.1) is 0 Å². The van der Waals surface area contributed by atoms with Crippen LogP contribution in [-0.4, -0.2) is 56.0 Å². The number of hydrogen-bond donors (Lipinski definition) is 3. The van der Waals surface area contributed by atoms with Gasteiger partial charge in [0.2, 0.25) is 5.95 Å². The smallest absolute Gasteiger partial charge is 0.223 e. The van der Waals surface area contributed by atoms with Gasteiger partial charge >= 0.3 is 0 Å². The Bertz CT molecular complexity index is 556. The number of rotatable bonds is 5. The normalized spacial score (nSPS) is 19.8. The molecule has 0 aliphatic carbocycles. The van der Waals surface area contributed by atoms with Crippen molar-refractivity contribution in [3.63, 3.8) is 0 Å². The fraction of sp³-hybridized carbons (Fsp3) is 0.667. The first kappa shape index (κ1) is 15.1. The molecule has 1 aliphatic rings. The zero-order chi connectivity index (χ0) is 14.6. The molecule has 1 aromatic rings. The van der Waals surface area contributed by atoms with Crippen molar-refractivity contribution in [3.05, 3.63) is 11.9 Å². The van der Waals surface area contributed by atoms with E-state index in [0.717, 1.165) is 25.9 Å². The van der Waals surface area contributed by atoms with Gasteiger partial charge in [0.1, 0.15) is 4.90 Å². The maximum Gasteiger partial charge on any atom is 0.223 e. The first-order valence-corrected chi connectivity index (χ1v) is 8.54. The number of aliphatic hydroxyl groups is 1. The zero-order valence-corrected chi connectivity index (χ0v) is 12.3. The lowest BCUT2D eigenvalue weighted by Crippen LogP contribution is -2.30. The van der Waals surface area contributed by atoms with Crippen LogP contribution in [0.5, 0.6) is 0 Å². The number of nitrogens with one attached hydrogen (secondary N) is 2. The molecule has 112 valence electrons. The largest absolute Gasteiger partial charge is 0.395 e. The lowest BCUT2D eigenvalue weighted by molar-refractivity contribution is 0.310.